The third-order valence-electron chi connectivity index (χ3n) is 5.34. The number of hydrogen-bond acceptors (Lipinski definition) is 5. The highest BCUT2D eigenvalue weighted by Gasteiger charge is 2.25. The molecule has 164 valence electrons. The lowest BCUT2D eigenvalue weighted by Gasteiger charge is -2.24. The molecule has 2 amide bonds. The average Bonchev–Trinajstić information content (AvgIpc) is 3.25. The summed E-state index contributed by atoms with van der Waals surface area (Å²) < 4.78 is 0. The number of amides is 2. The fourth-order valence-electron chi connectivity index (χ4n) is 3.75. The van der Waals surface area contributed by atoms with E-state index in [1.54, 1.807) is 6.92 Å². The molecular formula is C25H26N4O2S. The lowest BCUT2D eigenvalue weighted by atomic mass is 10.0. The molecule has 2 N–H and O–H groups in total. The largest absolute Gasteiger partial charge is 0.370 e. The molecule has 0 radical (unpaired) electrons. The van der Waals surface area contributed by atoms with Crippen molar-refractivity contribution in [1.29, 1.82) is 0 Å². The highest BCUT2D eigenvalue weighted by molar-refractivity contribution is 7.10. The molecular weight excluding hydrogens is 420 g/mol. The Hall–Kier alpha value is -3.45. The predicted octanol–water partition coefficient (Wildman–Crippen LogP) is 3.23. The van der Waals surface area contributed by atoms with E-state index >= 15 is 0 Å². The quantitative estimate of drug-likeness (QED) is 0.611. The number of benzene rings is 2. The first-order valence-corrected chi connectivity index (χ1v) is 11.4. The van der Waals surface area contributed by atoms with Gasteiger partial charge in [-0.15, -0.1) is 11.3 Å². The third-order valence-corrected chi connectivity index (χ3v) is 6.22. The number of anilines is 1. The number of rotatable bonds is 6. The summed E-state index contributed by atoms with van der Waals surface area (Å²) in [6.07, 6.45) is -0.181. The summed E-state index contributed by atoms with van der Waals surface area (Å²) in [5.74, 6) is -0.431. The first-order valence-electron chi connectivity index (χ1n) is 10.6. The minimum absolute atomic E-state index is 0.172. The number of nitrogens with one attached hydrogen (secondary N) is 2. The van der Waals surface area contributed by atoms with Crippen molar-refractivity contribution in [2.75, 3.05) is 18.5 Å². The average molecular weight is 447 g/mol. The maximum absolute atomic E-state index is 12.9. The van der Waals surface area contributed by atoms with Crippen molar-refractivity contribution >= 4 is 34.6 Å². The molecule has 0 saturated carbocycles. The fourth-order valence-corrected chi connectivity index (χ4v) is 4.46. The van der Waals surface area contributed by atoms with E-state index in [1.165, 1.54) is 11.3 Å². The van der Waals surface area contributed by atoms with Gasteiger partial charge in [-0.1, -0.05) is 54.6 Å². The minimum Gasteiger partial charge on any atom is -0.370 e. The molecule has 32 heavy (non-hydrogen) atoms. The second-order valence-electron chi connectivity index (χ2n) is 7.81. The SMILES string of the molecule is C[C@H](NC(=O)Cc1cccs1)C(=O)N[C@@H]1CN(C)c2ccccc2C(c2ccccc2)=N1. The molecule has 0 saturated heterocycles. The highest BCUT2D eigenvalue weighted by atomic mass is 32.1. The highest BCUT2D eigenvalue weighted by Crippen LogP contribution is 2.26. The van der Waals surface area contributed by atoms with E-state index in [0.717, 1.165) is 27.4 Å². The van der Waals surface area contributed by atoms with Crippen LogP contribution in [0.2, 0.25) is 0 Å². The Morgan fingerprint density at radius 3 is 2.59 bits per heavy atom. The van der Waals surface area contributed by atoms with Gasteiger partial charge in [0, 0.05) is 28.7 Å². The molecule has 1 aliphatic rings. The van der Waals surface area contributed by atoms with Crippen LogP contribution < -0.4 is 15.5 Å². The molecule has 7 heteroatoms. The maximum Gasteiger partial charge on any atom is 0.243 e. The van der Waals surface area contributed by atoms with Gasteiger partial charge in [0.1, 0.15) is 12.2 Å². The van der Waals surface area contributed by atoms with Crippen LogP contribution in [0.4, 0.5) is 5.69 Å². The van der Waals surface area contributed by atoms with E-state index in [9.17, 15) is 9.59 Å². The summed E-state index contributed by atoms with van der Waals surface area (Å²) in [4.78, 5) is 33.2. The normalized spacial score (nSPS) is 16.4. The standard InChI is InChI=1S/C25H26N4O2S/c1-17(26-23(30)15-19-11-8-14-32-19)25(31)28-22-16-29(2)21-13-7-6-12-20(21)24(27-22)18-9-4-3-5-10-18/h3-14,17,22H,15-16H2,1-2H3,(H,26,30)(H,28,31)/t17-,22+/m0/s1. The second kappa shape index (κ2) is 9.78. The van der Waals surface area contributed by atoms with Crippen molar-refractivity contribution in [3.8, 4) is 0 Å². The Bertz CT molecular complexity index is 1110. The van der Waals surface area contributed by atoms with Crippen LogP contribution >= 0.6 is 11.3 Å². The van der Waals surface area contributed by atoms with E-state index < -0.39 is 12.2 Å². The number of likely N-dealkylation sites (N-methyl/N-ethyl adjacent to an activating group) is 1. The van der Waals surface area contributed by atoms with Crippen molar-refractivity contribution < 1.29 is 9.59 Å². The van der Waals surface area contributed by atoms with Crippen LogP contribution in [0.25, 0.3) is 0 Å². The molecule has 1 aliphatic heterocycles. The summed E-state index contributed by atoms with van der Waals surface area (Å²) in [5.41, 5.74) is 3.91. The van der Waals surface area contributed by atoms with Gasteiger partial charge in [0.15, 0.2) is 0 Å². The number of thiophene rings is 1. The van der Waals surface area contributed by atoms with E-state index in [2.05, 4.69) is 27.7 Å². The lowest BCUT2D eigenvalue weighted by Crippen LogP contribution is -2.50. The van der Waals surface area contributed by atoms with Crippen LogP contribution in [-0.4, -0.2) is 43.3 Å². The molecule has 1 aromatic heterocycles. The van der Waals surface area contributed by atoms with Crippen molar-refractivity contribution in [2.24, 2.45) is 4.99 Å². The Kier molecular flexibility index (Phi) is 6.66. The van der Waals surface area contributed by atoms with Gasteiger partial charge in [-0.25, -0.2) is 0 Å². The number of hydrogen-bond donors (Lipinski definition) is 2. The van der Waals surface area contributed by atoms with Gasteiger partial charge in [-0.05, 0) is 24.4 Å². The number of carbonyl (C=O) groups excluding carboxylic acids is 2. The summed E-state index contributed by atoms with van der Waals surface area (Å²) in [7, 11) is 1.99. The van der Waals surface area contributed by atoms with Gasteiger partial charge in [0.2, 0.25) is 11.8 Å². The Morgan fingerprint density at radius 1 is 1.09 bits per heavy atom. The summed E-state index contributed by atoms with van der Waals surface area (Å²) in [5, 5.41) is 7.73. The number of carbonyl (C=O) groups is 2. The number of benzodiazepines with no additional fused rings is 1. The third kappa shape index (κ3) is 5.06. The molecule has 4 rings (SSSR count). The summed E-state index contributed by atoms with van der Waals surface area (Å²) in [6.45, 7) is 2.22. The van der Waals surface area contributed by atoms with Crippen molar-refractivity contribution in [2.45, 2.75) is 25.6 Å². The van der Waals surface area contributed by atoms with Crippen LogP contribution in [0, 0.1) is 0 Å². The number of fused-ring (bicyclic) bond motifs is 1. The number of para-hydroxylation sites is 1. The van der Waals surface area contributed by atoms with Crippen LogP contribution in [0.1, 0.15) is 22.9 Å². The van der Waals surface area contributed by atoms with Crippen molar-refractivity contribution in [1.82, 2.24) is 10.6 Å². The van der Waals surface area contributed by atoms with Gasteiger partial charge < -0.3 is 15.5 Å². The zero-order valence-electron chi connectivity index (χ0n) is 18.1. The van der Waals surface area contributed by atoms with Crippen molar-refractivity contribution in [3.05, 3.63) is 88.1 Å². The molecule has 2 heterocycles. The topological polar surface area (TPSA) is 73.8 Å². The molecule has 0 unspecified atom stereocenters. The van der Waals surface area contributed by atoms with Crippen LogP contribution in [0.5, 0.6) is 0 Å². The van der Waals surface area contributed by atoms with Gasteiger partial charge in [0.05, 0.1) is 18.7 Å². The Morgan fingerprint density at radius 2 is 1.84 bits per heavy atom. The molecule has 6 nitrogen and oxygen atoms in total. The molecule has 0 bridgehead atoms. The smallest absolute Gasteiger partial charge is 0.243 e. The van der Waals surface area contributed by atoms with Crippen LogP contribution in [0.15, 0.2) is 77.1 Å². The maximum atomic E-state index is 12.9. The zero-order valence-corrected chi connectivity index (χ0v) is 18.9. The molecule has 0 aliphatic carbocycles. The van der Waals surface area contributed by atoms with E-state index in [-0.39, 0.29) is 18.2 Å². The zero-order chi connectivity index (χ0) is 22.5. The second-order valence-corrected chi connectivity index (χ2v) is 8.84. The fraction of sp³-hybridized carbons (Fsp3) is 0.240. The van der Waals surface area contributed by atoms with E-state index in [4.69, 9.17) is 4.99 Å². The molecule has 3 aromatic rings. The number of nitrogens with zero attached hydrogens (tertiary/aromatic N) is 2. The van der Waals surface area contributed by atoms with E-state index in [1.807, 2.05) is 67.0 Å². The minimum atomic E-state index is -0.659. The number of aliphatic imine (C=N–C) groups is 1. The summed E-state index contributed by atoms with van der Waals surface area (Å²) >= 11 is 1.53. The lowest BCUT2D eigenvalue weighted by molar-refractivity contribution is -0.128. The Labute approximate surface area is 192 Å². The first kappa shape index (κ1) is 21.8. The predicted molar refractivity (Wildman–Crippen MR) is 129 cm³/mol. The van der Waals surface area contributed by atoms with E-state index in [0.29, 0.717) is 6.54 Å². The monoisotopic (exact) mass is 446 g/mol. The molecule has 0 spiro atoms. The van der Waals surface area contributed by atoms with Gasteiger partial charge in [-0.2, -0.15) is 0 Å². The van der Waals surface area contributed by atoms with Crippen molar-refractivity contribution in [3.63, 3.8) is 0 Å². The molecule has 0 fully saturated rings. The van der Waals surface area contributed by atoms with Crippen LogP contribution in [0.3, 0.4) is 0 Å². The summed E-state index contributed by atoms with van der Waals surface area (Å²) in [6, 6.07) is 21.2. The van der Waals surface area contributed by atoms with Gasteiger partial charge >= 0.3 is 0 Å². The molecule has 2 aromatic carbocycles. The van der Waals surface area contributed by atoms with Gasteiger partial charge in [0.25, 0.3) is 0 Å². The van der Waals surface area contributed by atoms with Gasteiger partial charge in [-0.3, -0.25) is 14.6 Å². The molecule has 2 atom stereocenters. The van der Waals surface area contributed by atoms with Crippen LogP contribution in [-0.2, 0) is 16.0 Å². The first-order chi connectivity index (χ1) is 15.5. The Balaban J connectivity index is 1.51.